The van der Waals surface area contributed by atoms with Crippen molar-refractivity contribution in [3.8, 4) is 0 Å². The van der Waals surface area contributed by atoms with Crippen LogP contribution in [-0.2, 0) is 11.2 Å². The lowest BCUT2D eigenvalue weighted by molar-refractivity contribution is -0.121. The third kappa shape index (κ3) is 5.35. The maximum absolute atomic E-state index is 12.7. The number of hydrogen-bond acceptors (Lipinski definition) is 5. The van der Waals surface area contributed by atoms with E-state index in [2.05, 4.69) is 45.1 Å². The van der Waals surface area contributed by atoms with Crippen molar-refractivity contribution in [3.63, 3.8) is 0 Å². The van der Waals surface area contributed by atoms with Crippen molar-refractivity contribution in [3.05, 3.63) is 38.9 Å². The van der Waals surface area contributed by atoms with Crippen LogP contribution >= 0.6 is 27.3 Å². The van der Waals surface area contributed by atoms with Crippen LogP contribution in [0.3, 0.4) is 0 Å². The summed E-state index contributed by atoms with van der Waals surface area (Å²) in [5.41, 5.74) is 0.526. The van der Waals surface area contributed by atoms with Gasteiger partial charge in [-0.2, -0.15) is 0 Å². The predicted molar refractivity (Wildman–Crippen MR) is 110 cm³/mol. The van der Waals surface area contributed by atoms with E-state index in [0.29, 0.717) is 43.4 Å². The number of rotatable bonds is 5. The van der Waals surface area contributed by atoms with E-state index in [9.17, 15) is 9.59 Å². The van der Waals surface area contributed by atoms with E-state index in [4.69, 9.17) is 0 Å². The number of pyridine rings is 1. The summed E-state index contributed by atoms with van der Waals surface area (Å²) in [5, 5.41) is 5.70. The lowest BCUT2D eigenvalue weighted by atomic mass is 9.95. The Balaban J connectivity index is 1.52. The highest BCUT2D eigenvalue weighted by molar-refractivity contribution is 9.10. The molecule has 27 heavy (non-hydrogen) atoms. The minimum Gasteiger partial charge on any atom is -0.337 e. The Labute approximate surface area is 171 Å². The Kier molecular flexibility index (Phi) is 6.59. The van der Waals surface area contributed by atoms with Gasteiger partial charge in [0.05, 0.1) is 5.01 Å². The van der Waals surface area contributed by atoms with Gasteiger partial charge in [0, 0.05) is 41.5 Å². The monoisotopic (exact) mass is 450 g/mol. The fourth-order valence-electron chi connectivity index (χ4n) is 3.04. The lowest BCUT2D eigenvalue weighted by Gasteiger charge is -2.30. The summed E-state index contributed by atoms with van der Waals surface area (Å²) < 4.78 is 0.867. The normalized spacial score (nSPS) is 15.2. The Morgan fingerprint density at radius 2 is 2.07 bits per heavy atom. The number of halogens is 1. The van der Waals surface area contributed by atoms with Gasteiger partial charge in [-0.3, -0.25) is 9.59 Å². The Morgan fingerprint density at radius 1 is 1.33 bits per heavy atom. The van der Waals surface area contributed by atoms with E-state index in [0.717, 1.165) is 15.9 Å². The summed E-state index contributed by atoms with van der Waals surface area (Å²) >= 11 is 4.87. The molecular weight excluding hydrogens is 428 g/mol. The zero-order valence-corrected chi connectivity index (χ0v) is 17.8. The van der Waals surface area contributed by atoms with Crippen molar-refractivity contribution < 1.29 is 9.59 Å². The van der Waals surface area contributed by atoms with E-state index < -0.39 is 0 Å². The number of piperidine rings is 1. The Morgan fingerprint density at radius 3 is 2.70 bits per heavy atom. The van der Waals surface area contributed by atoms with Crippen LogP contribution in [-0.4, -0.2) is 39.8 Å². The topological polar surface area (TPSA) is 75.2 Å². The van der Waals surface area contributed by atoms with Gasteiger partial charge in [0.25, 0.3) is 5.91 Å². The third-order valence-corrected chi connectivity index (χ3v) is 5.83. The van der Waals surface area contributed by atoms with Gasteiger partial charge in [-0.05, 0) is 46.8 Å². The summed E-state index contributed by atoms with van der Waals surface area (Å²) in [6.07, 6.45) is 3.84. The van der Waals surface area contributed by atoms with Crippen molar-refractivity contribution >= 4 is 44.9 Å². The van der Waals surface area contributed by atoms with Crippen molar-refractivity contribution in [2.45, 2.75) is 33.1 Å². The molecule has 144 valence electrons. The minimum atomic E-state index is -0.105. The SMILES string of the molecule is CC(C)Cc1nc(C(=O)N2CCC(C(=O)Nc3ccc(Br)cn3)CC2)cs1. The van der Waals surface area contributed by atoms with Crippen LogP contribution < -0.4 is 5.32 Å². The van der Waals surface area contributed by atoms with E-state index >= 15 is 0 Å². The second-order valence-corrected chi connectivity index (χ2v) is 9.00. The van der Waals surface area contributed by atoms with E-state index in [1.54, 1.807) is 28.5 Å². The molecule has 0 bridgehead atoms. The van der Waals surface area contributed by atoms with Crippen molar-refractivity contribution in [1.82, 2.24) is 14.9 Å². The number of nitrogens with one attached hydrogen (secondary N) is 1. The predicted octanol–water partition coefficient (Wildman–Crippen LogP) is 3.99. The molecule has 2 aromatic heterocycles. The summed E-state index contributed by atoms with van der Waals surface area (Å²) in [6.45, 7) is 5.43. The molecule has 0 saturated carbocycles. The van der Waals surface area contributed by atoms with E-state index in [-0.39, 0.29) is 17.7 Å². The van der Waals surface area contributed by atoms with Crippen LogP contribution in [0.15, 0.2) is 28.2 Å². The molecule has 0 radical (unpaired) electrons. The smallest absolute Gasteiger partial charge is 0.273 e. The molecule has 3 heterocycles. The average molecular weight is 451 g/mol. The van der Waals surface area contributed by atoms with Gasteiger partial charge >= 0.3 is 0 Å². The summed E-state index contributed by atoms with van der Waals surface area (Å²) in [7, 11) is 0. The number of thiazole rings is 1. The fourth-order valence-corrected chi connectivity index (χ4v) is 4.25. The summed E-state index contributed by atoms with van der Waals surface area (Å²) in [4.78, 5) is 35.5. The number of anilines is 1. The van der Waals surface area contributed by atoms with Gasteiger partial charge < -0.3 is 10.2 Å². The molecule has 1 aliphatic rings. The van der Waals surface area contributed by atoms with Gasteiger partial charge in [0.2, 0.25) is 5.91 Å². The fraction of sp³-hybridized carbons (Fsp3) is 0.474. The van der Waals surface area contributed by atoms with Crippen LogP contribution in [0.2, 0.25) is 0 Å². The maximum Gasteiger partial charge on any atom is 0.273 e. The number of aromatic nitrogens is 2. The average Bonchev–Trinajstić information content (AvgIpc) is 3.11. The number of nitrogens with zero attached hydrogens (tertiary/aromatic N) is 3. The second kappa shape index (κ2) is 8.93. The largest absolute Gasteiger partial charge is 0.337 e. The standard InChI is InChI=1S/C19H23BrN4O2S/c1-12(2)9-17-22-15(11-27-17)19(26)24-7-5-13(6-8-24)18(25)23-16-4-3-14(20)10-21-16/h3-4,10-13H,5-9H2,1-2H3,(H,21,23,25). The highest BCUT2D eigenvalue weighted by atomic mass is 79.9. The molecule has 1 N–H and O–H groups in total. The molecular formula is C19H23BrN4O2S. The van der Waals surface area contributed by atoms with Gasteiger partial charge in [-0.1, -0.05) is 13.8 Å². The van der Waals surface area contributed by atoms with Crippen LogP contribution in [0.1, 0.15) is 42.2 Å². The first-order valence-electron chi connectivity index (χ1n) is 9.08. The number of carbonyl (C=O) groups is 2. The molecule has 0 aliphatic carbocycles. The molecule has 1 aliphatic heterocycles. The zero-order valence-electron chi connectivity index (χ0n) is 15.4. The zero-order chi connectivity index (χ0) is 19.4. The molecule has 2 aromatic rings. The van der Waals surface area contributed by atoms with Gasteiger partial charge in [-0.25, -0.2) is 9.97 Å². The lowest BCUT2D eigenvalue weighted by Crippen LogP contribution is -2.41. The van der Waals surface area contributed by atoms with Gasteiger partial charge in [0.1, 0.15) is 11.5 Å². The Hall–Kier alpha value is -1.80. The third-order valence-electron chi connectivity index (χ3n) is 4.49. The van der Waals surface area contributed by atoms with Crippen LogP contribution in [0, 0.1) is 11.8 Å². The first-order chi connectivity index (χ1) is 12.9. The van der Waals surface area contributed by atoms with Crippen molar-refractivity contribution in [1.29, 1.82) is 0 Å². The first kappa shape index (κ1) is 19.9. The van der Waals surface area contributed by atoms with Gasteiger partial charge in [-0.15, -0.1) is 11.3 Å². The number of likely N-dealkylation sites (tertiary alicyclic amines) is 1. The molecule has 1 saturated heterocycles. The molecule has 0 atom stereocenters. The molecule has 0 aromatic carbocycles. The molecule has 2 amide bonds. The molecule has 0 spiro atoms. The van der Waals surface area contributed by atoms with Crippen molar-refractivity contribution in [2.24, 2.45) is 11.8 Å². The van der Waals surface area contributed by atoms with Crippen molar-refractivity contribution in [2.75, 3.05) is 18.4 Å². The first-order valence-corrected chi connectivity index (χ1v) is 10.8. The molecule has 0 unspecified atom stereocenters. The Bertz CT molecular complexity index is 798. The maximum atomic E-state index is 12.7. The van der Waals surface area contributed by atoms with Gasteiger partial charge in [0.15, 0.2) is 0 Å². The van der Waals surface area contributed by atoms with E-state index in [1.165, 1.54) is 0 Å². The molecule has 6 nitrogen and oxygen atoms in total. The van der Waals surface area contributed by atoms with Crippen LogP contribution in [0.25, 0.3) is 0 Å². The molecule has 1 fully saturated rings. The number of carbonyl (C=O) groups excluding carboxylic acids is 2. The highest BCUT2D eigenvalue weighted by Crippen LogP contribution is 2.22. The summed E-state index contributed by atoms with van der Waals surface area (Å²) in [5.74, 6) is 0.890. The number of amides is 2. The molecule has 8 heteroatoms. The number of hydrogen-bond donors (Lipinski definition) is 1. The van der Waals surface area contributed by atoms with Crippen LogP contribution in [0.4, 0.5) is 5.82 Å². The highest BCUT2D eigenvalue weighted by Gasteiger charge is 2.29. The van der Waals surface area contributed by atoms with Crippen LogP contribution in [0.5, 0.6) is 0 Å². The quantitative estimate of drug-likeness (QED) is 0.746. The minimum absolute atomic E-state index is 0.0327. The summed E-state index contributed by atoms with van der Waals surface area (Å²) in [6, 6.07) is 3.60. The molecule has 3 rings (SSSR count). The van der Waals surface area contributed by atoms with E-state index in [1.807, 2.05) is 11.4 Å². The second-order valence-electron chi connectivity index (χ2n) is 7.14.